The zero-order valence-electron chi connectivity index (χ0n) is 14.7. The van der Waals surface area contributed by atoms with Crippen LogP contribution in [0.1, 0.15) is 0 Å². The van der Waals surface area contributed by atoms with Crippen LogP contribution in [0.2, 0.25) is 0 Å². The Morgan fingerprint density at radius 3 is 2.19 bits per heavy atom. The summed E-state index contributed by atoms with van der Waals surface area (Å²) >= 11 is 1.79. The van der Waals surface area contributed by atoms with Crippen LogP contribution in [0.5, 0.6) is 0 Å². The standard InChI is InChI=1S/C22H16N4S/c1-23-22-25-20(14-7-3-2-4-8-14)24-21(26-22)15-11-12-17-16-9-5-6-10-18(16)27-19(17)13-15/h2-13H,1H3,(H,23,24,25,26). The van der Waals surface area contributed by atoms with Gasteiger partial charge in [-0.25, -0.2) is 4.98 Å². The lowest BCUT2D eigenvalue weighted by Gasteiger charge is -2.07. The van der Waals surface area contributed by atoms with Crippen molar-refractivity contribution in [3.8, 4) is 22.8 Å². The molecule has 5 heteroatoms. The Bertz CT molecular complexity index is 1260. The van der Waals surface area contributed by atoms with Crippen LogP contribution in [0.25, 0.3) is 42.9 Å². The smallest absolute Gasteiger partial charge is 0.226 e. The predicted octanol–water partition coefficient (Wildman–Crippen LogP) is 5.62. The van der Waals surface area contributed by atoms with Crippen molar-refractivity contribution in [2.45, 2.75) is 0 Å². The van der Waals surface area contributed by atoms with E-state index in [0.29, 0.717) is 17.6 Å². The number of aromatic nitrogens is 3. The lowest BCUT2D eigenvalue weighted by molar-refractivity contribution is 1.06. The number of nitrogens with zero attached hydrogens (tertiary/aromatic N) is 3. The Hall–Kier alpha value is -3.31. The number of nitrogens with one attached hydrogen (secondary N) is 1. The van der Waals surface area contributed by atoms with Gasteiger partial charge in [0.05, 0.1) is 0 Å². The Balaban J connectivity index is 1.68. The largest absolute Gasteiger partial charge is 0.357 e. The maximum atomic E-state index is 4.72. The van der Waals surface area contributed by atoms with E-state index in [-0.39, 0.29) is 0 Å². The Morgan fingerprint density at radius 2 is 1.37 bits per heavy atom. The molecule has 0 saturated carbocycles. The van der Waals surface area contributed by atoms with Crippen LogP contribution in [0.3, 0.4) is 0 Å². The van der Waals surface area contributed by atoms with Crippen molar-refractivity contribution < 1.29 is 0 Å². The van der Waals surface area contributed by atoms with Gasteiger partial charge in [-0.15, -0.1) is 11.3 Å². The predicted molar refractivity (Wildman–Crippen MR) is 113 cm³/mol. The van der Waals surface area contributed by atoms with Gasteiger partial charge in [0.25, 0.3) is 0 Å². The van der Waals surface area contributed by atoms with E-state index in [0.717, 1.165) is 11.1 Å². The van der Waals surface area contributed by atoms with Crippen molar-refractivity contribution in [2.24, 2.45) is 0 Å². The van der Waals surface area contributed by atoms with Gasteiger partial charge < -0.3 is 5.32 Å². The molecule has 2 heterocycles. The van der Waals surface area contributed by atoms with E-state index in [1.807, 2.05) is 37.4 Å². The van der Waals surface area contributed by atoms with Gasteiger partial charge in [-0.3, -0.25) is 0 Å². The molecule has 3 aromatic carbocycles. The first kappa shape index (κ1) is 15.9. The number of thiophene rings is 1. The molecule has 5 rings (SSSR count). The van der Waals surface area contributed by atoms with Gasteiger partial charge in [0.15, 0.2) is 11.6 Å². The van der Waals surface area contributed by atoms with Gasteiger partial charge in [-0.05, 0) is 12.1 Å². The Morgan fingerprint density at radius 1 is 0.667 bits per heavy atom. The molecule has 27 heavy (non-hydrogen) atoms. The fraction of sp³-hybridized carbons (Fsp3) is 0.0455. The zero-order valence-corrected chi connectivity index (χ0v) is 15.5. The molecule has 0 aliphatic rings. The monoisotopic (exact) mass is 368 g/mol. The number of rotatable bonds is 3. The van der Waals surface area contributed by atoms with Gasteiger partial charge in [-0.2, -0.15) is 9.97 Å². The van der Waals surface area contributed by atoms with Crippen LogP contribution in [0.4, 0.5) is 5.95 Å². The van der Waals surface area contributed by atoms with Crippen LogP contribution in [0, 0.1) is 0 Å². The lowest BCUT2D eigenvalue weighted by atomic mass is 10.1. The Kier molecular flexibility index (Phi) is 3.80. The van der Waals surface area contributed by atoms with Gasteiger partial charge in [0.2, 0.25) is 5.95 Å². The van der Waals surface area contributed by atoms with Gasteiger partial charge in [-0.1, -0.05) is 60.7 Å². The molecule has 0 bridgehead atoms. The van der Waals surface area contributed by atoms with Crippen molar-refractivity contribution in [2.75, 3.05) is 12.4 Å². The number of hydrogen-bond donors (Lipinski definition) is 1. The summed E-state index contributed by atoms with van der Waals surface area (Å²) in [5.74, 6) is 1.91. The second kappa shape index (κ2) is 6.45. The molecule has 0 amide bonds. The highest BCUT2D eigenvalue weighted by atomic mass is 32.1. The maximum absolute atomic E-state index is 4.72. The highest BCUT2D eigenvalue weighted by Crippen LogP contribution is 2.35. The summed E-state index contributed by atoms with van der Waals surface area (Å²) in [5.41, 5.74) is 1.96. The lowest BCUT2D eigenvalue weighted by Crippen LogP contribution is -2.02. The Labute approximate surface area is 160 Å². The number of benzene rings is 3. The van der Waals surface area contributed by atoms with Crippen molar-refractivity contribution in [3.63, 3.8) is 0 Å². The highest BCUT2D eigenvalue weighted by molar-refractivity contribution is 7.25. The minimum absolute atomic E-state index is 0.565. The first-order valence-corrected chi connectivity index (χ1v) is 9.54. The molecule has 1 N–H and O–H groups in total. The van der Waals surface area contributed by atoms with Gasteiger partial charge in [0.1, 0.15) is 0 Å². The molecule has 0 fully saturated rings. The molecule has 0 spiro atoms. The summed E-state index contributed by atoms with van der Waals surface area (Å²) in [6, 6.07) is 24.9. The molecule has 0 atom stereocenters. The second-order valence-corrected chi connectivity index (χ2v) is 7.32. The summed E-state index contributed by atoms with van der Waals surface area (Å²) in [5, 5.41) is 5.61. The fourth-order valence-corrected chi connectivity index (χ4v) is 4.34. The quantitative estimate of drug-likeness (QED) is 0.449. The average molecular weight is 368 g/mol. The normalized spacial score (nSPS) is 11.1. The van der Waals surface area contributed by atoms with E-state index in [1.165, 1.54) is 20.2 Å². The van der Waals surface area contributed by atoms with Crippen molar-refractivity contribution >= 4 is 37.5 Å². The summed E-state index contributed by atoms with van der Waals surface area (Å²) < 4.78 is 2.53. The van der Waals surface area contributed by atoms with Gasteiger partial charge >= 0.3 is 0 Å². The maximum Gasteiger partial charge on any atom is 0.226 e. The molecule has 0 saturated heterocycles. The van der Waals surface area contributed by atoms with Crippen LogP contribution in [0.15, 0.2) is 72.8 Å². The van der Waals surface area contributed by atoms with Crippen LogP contribution >= 0.6 is 11.3 Å². The molecule has 2 aromatic heterocycles. The topological polar surface area (TPSA) is 50.7 Å². The van der Waals surface area contributed by atoms with E-state index >= 15 is 0 Å². The van der Waals surface area contributed by atoms with Gasteiger partial charge in [0, 0.05) is 38.3 Å². The number of fused-ring (bicyclic) bond motifs is 3. The molecule has 0 aliphatic carbocycles. The summed E-state index contributed by atoms with van der Waals surface area (Å²) in [7, 11) is 1.82. The van der Waals surface area contributed by atoms with Crippen molar-refractivity contribution in [3.05, 3.63) is 72.8 Å². The highest BCUT2D eigenvalue weighted by Gasteiger charge is 2.12. The van der Waals surface area contributed by atoms with Crippen molar-refractivity contribution in [1.29, 1.82) is 0 Å². The van der Waals surface area contributed by atoms with Crippen molar-refractivity contribution in [1.82, 2.24) is 15.0 Å². The third-order valence-electron chi connectivity index (χ3n) is 4.53. The summed E-state index contributed by atoms with van der Waals surface area (Å²) in [6.45, 7) is 0. The fourth-order valence-electron chi connectivity index (χ4n) is 3.20. The number of anilines is 1. The zero-order chi connectivity index (χ0) is 18.2. The number of hydrogen-bond acceptors (Lipinski definition) is 5. The van der Waals surface area contributed by atoms with E-state index in [1.54, 1.807) is 11.3 Å². The molecular weight excluding hydrogens is 352 g/mol. The molecule has 0 aliphatic heterocycles. The average Bonchev–Trinajstić information content (AvgIpc) is 3.12. The van der Waals surface area contributed by atoms with Crippen LogP contribution in [-0.4, -0.2) is 22.0 Å². The molecule has 0 radical (unpaired) electrons. The van der Waals surface area contributed by atoms with Crippen LogP contribution < -0.4 is 5.32 Å². The SMILES string of the molecule is CNc1nc(-c2ccccc2)nc(-c2ccc3c(c2)sc2ccccc23)n1. The summed E-state index contributed by atoms with van der Waals surface area (Å²) in [6.07, 6.45) is 0. The minimum Gasteiger partial charge on any atom is -0.357 e. The molecule has 4 nitrogen and oxygen atoms in total. The van der Waals surface area contributed by atoms with E-state index in [9.17, 15) is 0 Å². The molecule has 5 aromatic rings. The minimum atomic E-state index is 0.565. The van der Waals surface area contributed by atoms with E-state index < -0.39 is 0 Å². The van der Waals surface area contributed by atoms with Crippen LogP contribution in [-0.2, 0) is 0 Å². The first-order chi connectivity index (χ1) is 13.3. The second-order valence-electron chi connectivity index (χ2n) is 6.23. The van der Waals surface area contributed by atoms with E-state index in [4.69, 9.17) is 4.98 Å². The third-order valence-corrected chi connectivity index (χ3v) is 5.66. The molecule has 0 unspecified atom stereocenters. The first-order valence-electron chi connectivity index (χ1n) is 8.73. The molecule has 130 valence electrons. The third kappa shape index (κ3) is 2.82. The molecular formula is C22H16N4S. The van der Waals surface area contributed by atoms with E-state index in [2.05, 4.69) is 57.7 Å². The summed E-state index contributed by atoms with van der Waals surface area (Å²) in [4.78, 5) is 13.8.